The number of quaternary nitrogens is 1. The second kappa shape index (κ2) is 49.7. The van der Waals surface area contributed by atoms with Crippen molar-refractivity contribution in [2.45, 2.75) is 244 Å². The molecule has 0 fully saturated rings. The summed E-state index contributed by atoms with van der Waals surface area (Å²) in [5, 5.41) is 13.9. The van der Waals surface area contributed by atoms with Crippen molar-refractivity contribution in [1.82, 2.24) is 5.32 Å². The van der Waals surface area contributed by atoms with Gasteiger partial charge in [0.1, 0.15) is 13.2 Å². The molecule has 9 heteroatoms. The van der Waals surface area contributed by atoms with E-state index in [-0.39, 0.29) is 19.1 Å². The predicted molar refractivity (Wildman–Crippen MR) is 295 cm³/mol. The third kappa shape index (κ3) is 51.5. The van der Waals surface area contributed by atoms with E-state index < -0.39 is 20.0 Å². The van der Waals surface area contributed by atoms with Crippen LogP contribution in [-0.2, 0) is 18.4 Å². The number of carbonyl (C=O) groups is 1. The first-order valence-corrected chi connectivity index (χ1v) is 29.4. The van der Waals surface area contributed by atoms with Gasteiger partial charge in [-0.2, -0.15) is 0 Å². The van der Waals surface area contributed by atoms with Gasteiger partial charge in [0.05, 0.1) is 39.9 Å². The van der Waals surface area contributed by atoms with Gasteiger partial charge in [-0.25, -0.2) is 4.57 Å². The Balaban J connectivity index is 3.84. The third-order valence-electron chi connectivity index (χ3n) is 12.2. The number of carbonyl (C=O) groups excluding carboxylic acids is 1. The first-order chi connectivity index (χ1) is 33.0. The molecule has 0 aromatic heterocycles. The lowest BCUT2D eigenvalue weighted by molar-refractivity contribution is -0.870. The van der Waals surface area contributed by atoms with E-state index in [1.165, 1.54) is 122 Å². The zero-order valence-electron chi connectivity index (χ0n) is 44.8. The highest BCUT2D eigenvalue weighted by Crippen LogP contribution is 2.43. The average molecular weight is 972 g/mol. The quantitative estimate of drug-likeness (QED) is 0.0243. The number of rotatable bonds is 50. The number of nitrogens with zero attached hydrogens (tertiary/aromatic N) is 1. The van der Waals surface area contributed by atoms with Crippen molar-refractivity contribution in [3.05, 3.63) is 85.1 Å². The Kier molecular flexibility index (Phi) is 48.0. The highest BCUT2D eigenvalue weighted by molar-refractivity contribution is 7.47. The number of hydrogen-bond acceptors (Lipinski definition) is 5. The van der Waals surface area contributed by atoms with Gasteiger partial charge in [-0.1, -0.05) is 240 Å². The molecule has 0 aliphatic heterocycles. The fourth-order valence-electron chi connectivity index (χ4n) is 7.79. The van der Waals surface area contributed by atoms with Crippen molar-refractivity contribution in [1.29, 1.82) is 0 Å². The number of amides is 1. The Hall–Kier alpha value is -2.32. The lowest BCUT2D eigenvalue weighted by Crippen LogP contribution is -2.46. The van der Waals surface area contributed by atoms with Crippen LogP contribution in [0, 0.1) is 0 Å². The summed E-state index contributed by atoms with van der Waals surface area (Å²) in [5.41, 5.74) is 0. The van der Waals surface area contributed by atoms with Gasteiger partial charge in [0, 0.05) is 6.42 Å². The van der Waals surface area contributed by atoms with E-state index in [1.54, 1.807) is 0 Å². The molecule has 0 aromatic rings. The van der Waals surface area contributed by atoms with Crippen LogP contribution in [0.3, 0.4) is 0 Å². The minimum atomic E-state index is -4.31. The second-order valence-corrected chi connectivity index (χ2v) is 21.4. The van der Waals surface area contributed by atoms with E-state index in [0.717, 1.165) is 83.5 Å². The molecule has 0 heterocycles. The molecule has 68 heavy (non-hydrogen) atoms. The van der Waals surface area contributed by atoms with Gasteiger partial charge in [0.25, 0.3) is 0 Å². The van der Waals surface area contributed by atoms with Crippen LogP contribution in [0.5, 0.6) is 0 Å². The number of phosphoric acid groups is 1. The average Bonchev–Trinajstić information content (AvgIpc) is 3.30. The molecule has 0 saturated carbocycles. The fourth-order valence-corrected chi connectivity index (χ4v) is 8.53. The summed E-state index contributed by atoms with van der Waals surface area (Å²) in [6.07, 6.45) is 69.7. The van der Waals surface area contributed by atoms with Crippen molar-refractivity contribution >= 4 is 13.7 Å². The molecule has 0 aliphatic rings. The molecular formula is C59H108N2O6P+. The maximum Gasteiger partial charge on any atom is 0.472 e. The van der Waals surface area contributed by atoms with Crippen LogP contribution in [0.2, 0.25) is 0 Å². The number of unbranched alkanes of at least 4 members (excludes halogenated alkanes) is 23. The van der Waals surface area contributed by atoms with Gasteiger partial charge in [-0.3, -0.25) is 13.8 Å². The standard InChI is InChI=1S/C59H107N2O6P/c1-6-8-10-12-14-15-16-17-18-19-20-21-22-23-24-25-26-27-28-29-30-31-32-33-34-35-36-37-38-39-40-41-42-43-44-45-47-49-51-53-59(63)60-57(58(62)52-50-48-46-13-11-9-7-2)56-67-68(64,65)66-55-54-61(3,4)5/h8,10,14-15,17-18,20-21,23-24,26-27,29-30,57-58,62H,6-7,9,11-13,16,19,22,25,28,31-56H2,1-5H3,(H-,60,63,64,65)/p+1/b10-8-,15-14-,18-17-,21-20-,24-23-,27-26-,30-29-. The van der Waals surface area contributed by atoms with Gasteiger partial charge in [0.15, 0.2) is 0 Å². The van der Waals surface area contributed by atoms with Crippen LogP contribution >= 0.6 is 7.82 Å². The number of likely N-dealkylation sites (N-methyl/N-ethyl adjacent to an activating group) is 1. The molecule has 0 saturated heterocycles. The molecule has 8 nitrogen and oxygen atoms in total. The van der Waals surface area contributed by atoms with Crippen LogP contribution in [0.4, 0.5) is 0 Å². The molecular weight excluding hydrogens is 864 g/mol. The molecule has 3 atom stereocenters. The highest BCUT2D eigenvalue weighted by Gasteiger charge is 2.28. The van der Waals surface area contributed by atoms with E-state index >= 15 is 0 Å². The number of aliphatic hydroxyl groups excluding tert-OH is 1. The Morgan fingerprint density at radius 3 is 1.29 bits per heavy atom. The lowest BCUT2D eigenvalue weighted by Gasteiger charge is -2.26. The van der Waals surface area contributed by atoms with E-state index in [1.807, 2.05) is 21.1 Å². The summed E-state index contributed by atoms with van der Waals surface area (Å²) in [6, 6.07) is -0.759. The van der Waals surface area contributed by atoms with Gasteiger partial charge < -0.3 is 19.8 Å². The van der Waals surface area contributed by atoms with Crippen LogP contribution in [0.15, 0.2) is 85.1 Å². The smallest absolute Gasteiger partial charge is 0.391 e. The van der Waals surface area contributed by atoms with Gasteiger partial charge in [-0.15, -0.1) is 0 Å². The number of nitrogens with one attached hydrogen (secondary N) is 1. The molecule has 0 aliphatic carbocycles. The van der Waals surface area contributed by atoms with Crippen LogP contribution in [0.1, 0.15) is 232 Å². The largest absolute Gasteiger partial charge is 0.472 e. The summed E-state index contributed by atoms with van der Waals surface area (Å²) in [4.78, 5) is 23.1. The predicted octanol–water partition coefficient (Wildman–Crippen LogP) is 16.9. The molecule has 0 spiro atoms. The second-order valence-electron chi connectivity index (χ2n) is 19.9. The maximum absolute atomic E-state index is 12.9. The Morgan fingerprint density at radius 2 is 0.882 bits per heavy atom. The van der Waals surface area contributed by atoms with E-state index in [4.69, 9.17) is 9.05 Å². The Morgan fingerprint density at radius 1 is 0.515 bits per heavy atom. The lowest BCUT2D eigenvalue weighted by atomic mass is 10.0. The molecule has 1 amide bonds. The molecule has 0 rings (SSSR count). The molecule has 0 bridgehead atoms. The summed E-state index contributed by atoms with van der Waals surface area (Å²) in [5.74, 6) is -0.150. The zero-order valence-corrected chi connectivity index (χ0v) is 45.7. The summed E-state index contributed by atoms with van der Waals surface area (Å²) in [6.45, 7) is 4.72. The Bertz CT molecular complexity index is 1380. The number of phosphoric ester groups is 1. The number of aliphatic hydroxyl groups is 1. The summed E-state index contributed by atoms with van der Waals surface area (Å²) < 4.78 is 23.6. The van der Waals surface area contributed by atoms with Gasteiger partial charge in [-0.05, 0) is 70.6 Å². The monoisotopic (exact) mass is 972 g/mol. The fraction of sp³-hybridized carbons (Fsp3) is 0.746. The highest BCUT2D eigenvalue weighted by atomic mass is 31.2. The molecule has 394 valence electrons. The van der Waals surface area contributed by atoms with Crippen molar-refractivity contribution < 1.29 is 32.9 Å². The van der Waals surface area contributed by atoms with E-state index in [0.29, 0.717) is 23.9 Å². The topological polar surface area (TPSA) is 105 Å². The van der Waals surface area contributed by atoms with Crippen molar-refractivity contribution in [3.8, 4) is 0 Å². The van der Waals surface area contributed by atoms with Crippen LogP contribution in [0.25, 0.3) is 0 Å². The summed E-state index contributed by atoms with van der Waals surface area (Å²) >= 11 is 0. The minimum Gasteiger partial charge on any atom is -0.391 e. The Labute approximate surface area is 420 Å². The third-order valence-corrected chi connectivity index (χ3v) is 13.1. The van der Waals surface area contributed by atoms with Crippen LogP contribution < -0.4 is 5.32 Å². The van der Waals surface area contributed by atoms with Crippen LogP contribution in [-0.4, -0.2) is 73.4 Å². The first kappa shape index (κ1) is 65.7. The van der Waals surface area contributed by atoms with Crippen molar-refractivity contribution in [2.24, 2.45) is 0 Å². The van der Waals surface area contributed by atoms with E-state index in [9.17, 15) is 19.4 Å². The van der Waals surface area contributed by atoms with Gasteiger partial charge >= 0.3 is 7.82 Å². The number of allylic oxidation sites excluding steroid dienone is 14. The molecule has 0 radical (unpaired) electrons. The van der Waals surface area contributed by atoms with Crippen molar-refractivity contribution in [3.63, 3.8) is 0 Å². The summed E-state index contributed by atoms with van der Waals surface area (Å²) in [7, 11) is 1.61. The van der Waals surface area contributed by atoms with Gasteiger partial charge in [0.2, 0.25) is 5.91 Å². The normalized spacial score (nSPS) is 14.6. The molecule has 3 N–H and O–H groups in total. The minimum absolute atomic E-state index is 0.0727. The van der Waals surface area contributed by atoms with E-state index in [2.05, 4.69) is 104 Å². The van der Waals surface area contributed by atoms with Crippen molar-refractivity contribution in [2.75, 3.05) is 40.9 Å². The zero-order chi connectivity index (χ0) is 49.9. The molecule has 0 aromatic carbocycles. The molecule has 3 unspecified atom stereocenters. The SMILES string of the molecule is CC/C=C\C/C=C\C/C=C\C/C=C\C/C=C\C/C=C\C/C=C\CCCCCCCCCCCCCCCCCCCC(=O)NC(COP(=O)(O)OCC[N+](C)(C)C)C(O)CCCCCCCCC. The number of hydrogen-bond donors (Lipinski definition) is 3. The first-order valence-electron chi connectivity index (χ1n) is 28.0. The maximum atomic E-state index is 12.9.